The highest BCUT2D eigenvalue weighted by Crippen LogP contribution is 2.32. The van der Waals surface area contributed by atoms with E-state index in [1.807, 2.05) is 0 Å². The standard InChI is InChI=1S/C13H9F4N3O2.C9H11F3O4.C6H6FN3.ClH/c1-2-22-12(21)9-6-19-11(20-10(9)13(15,16)17)7-3-8(14)5-18-4-7;1-3-15-5-6(8(14)16-4-2)7(13)9(10,11)12;7-5-1-4(6(8)9)2-10-3-5;/h3-6H,2H2,1H3;5H,3-4H2,1-2H3;1-3H,(H3,8,9);1H. The van der Waals surface area contributed by atoms with E-state index < -0.39 is 64.4 Å². The number of alkyl halides is 6. The SMILES string of the molecule is CCOC(=O)c1cnc(-c2cncc(F)c2)nc1C(F)(F)F.CCOC=C(C(=O)OCC)C(=O)C(F)(F)F.Cl.N=C(N)c1cncc(F)c1. The molecule has 0 amide bonds. The Morgan fingerprint density at radius 1 is 0.857 bits per heavy atom. The zero-order chi connectivity index (χ0) is 36.7. The number of halogens is 9. The Labute approximate surface area is 278 Å². The maximum Gasteiger partial charge on any atom is 0.455 e. The molecule has 49 heavy (non-hydrogen) atoms. The van der Waals surface area contributed by atoms with Crippen LogP contribution in [0, 0.1) is 17.0 Å². The van der Waals surface area contributed by atoms with E-state index in [4.69, 9.17) is 11.1 Å². The van der Waals surface area contributed by atoms with Gasteiger partial charge in [0, 0.05) is 29.7 Å². The number of ether oxygens (including phenoxy) is 3. The van der Waals surface area contributed by atoms with Crippen molar-refractivity contribution in [2.45, 2.75) is 33.1 Å². The van der Waals surface area contributed by atoms with Gasteiger partial charge in [-0.2, -0.15) is 26.3 Å². The monoisotopic (exact) mass is 730 g/mol. The van der Waals surface area contributed by atoms with Crippen molar-refractivity contribution < 1.29 is 63.7 Å². The van der Waals surface area contributed by atoms with Gasteiger partial charge in [0.15, 0.2) is 11.5 Å². The molecule has 0 radical (unpaired) electrons. The van der Waals surface area contributed by atoms with Crippen LogP contribution in [0.25, 0.3) is 11.4 Å². The van der Waals surface area contributed by atoms with Crippen molar-refractivity contribution in [3.63, 3.8) is 0 Å². The highest BCUT2D eigenvalue weighted by Gasteiger charge is 2.44. The zero-order valence-corrected chi connectivity index (χ0v) is 26.3. The normalized spacial score (nSPS) is 11.0. The van der Waals surface area contributed by atoms with Crippen LogP contribution in [-0.4, -0.2) is 69.5 Å². The molecule has 3 aromatic rings. The molecule has 0 fully saturated rings. The number of carbonyl (C=O) groups is 3. The first kappa shape index (κ1) is 43.7. The number of hydrogen-bond acceptors (Lipinski definition) is 11. The van der Waals surface area contributed by atoms with Crippen molar-refractivity contribution in [3.8, 4) is 11.4 Å². The molecule has 0 spiro atoms. The molecule has 0 atom stereocenters. The summed E-state index contributed by atoms with van der Waals surface area (Å²) in [7, 11) is 0. The van der Waals surface area contributed by atoms with E-state index in [-0.39, 0.29) is 43.6 Å². The summed E-state index contributed by atoms with van der Waals surface area (Å²) in [4.78, 5) is 47.4. The van der Waals surface area contributed by atoms with Gasteiger partial charge >= 0.3 is 24.3 Å². The number of esters is 2. The molecule has 0 bridgehead atoms. The smallest absolute Gasteiger partial charge is 0.455 e. The number of carbonyl (C=O) groups excluding carboxylic acids is 3. The Morgan fingerprint density at radius 2 is 1.43 bits per heavy atom. The number of nitrogen functional groups attached to an aromatic ring is 1. The van der Waals surface area contributed by atoms with Gasteiger partial charge in [0.1, 0.15) is 34.9 Å². The summed E-state index contributed by atoms with van der Waals surface area (Å²) in [5.74, 6) is -6.60. The number of amidine groups is 1. The highest BCUT2D eigenvalue weighted by atomic mass is 35.5. The quantitative estimate of drug-likeness (QED) is 0.0421. The van der Waals surface area contributed by atoms with Gasteiger partial charge in [0.05, 0.1) is 32.2 Å². The highest BCUT2D eigenvalue weighted by molar-refractivity contribution is 6.19. The predicted octanol–water partition coefficient (Wildman–Crippen LogP) is 5.40. The third kappa shape index (κ3) is 14.6. The number of ketones is 1. The van der Waals surface area contributed by atoms with Crippen LogP contribution in [0.4, 0.5) is 35.1 Å². The Kier molecular flexibility index (Phi) is 18.0. The molecule has 0 saturated carbocycles. The lowest BCUT2D eigenvalue weighted by molar-refractivity contribution is -0.169. The van der Waals surface area contributed by atoms with Gasteiger partial charge < -0.3 is 19.9 Å². The van der Waals surface area contributed by atoms with E-state index in [0.29, 0.717) is 18.0 Å². The Morgan fingerprint density at radius 3 is 1.88 bits per heavy atom. The van der Waals surface area contributed by atoms with Crippen molar-refractivity contribution in [3.05, 3.63) is 83.4 Å². The number of nitrogens with two attached hydrogens (primary N) is 1. The number of rotatable bonds is 9. The molecule has 0 unspecified atom stereocenters. The average Bonchev–Trinajstić information content (AvgIpc) is 3.01. The predicted molar refractivity (Wildman–Crippen MR) is 156 cm³/mol. The summed E-state index contributed by atoms with van der Waals surface area (Å²) in [5, 5.41) is 6.90. The zero-order valence-electron chi connectivity index (χ0n) is 25.5. The van der Waals surface area contributed by atoms with E-state index in [1.165, 1.54) is 27.0 Å². The number of hydrogen-bond donors (Lipinski definition) is 2. The fraction of sp³-hybridized carbons (Fsp3) is 0.286. The van der Waals surface area contributed by atoms with Crippen LogP contribution in [-0.2, 0) is 30.0 Å². The second kappa shape index (κ2) is 20.2. The summed E-state index contributed by atoms with van der Waals surface area (Å²) >= 11 is 0. The molecular formula is C28H27ClF8N6O6. The van der Waals surface area contributed by atoms with Crippen LogP contribution in [0.1, 0.15) is 42.4 Å². The first-order valence-corrected chi connectivity index (χ1v) is 13.1. The fourth-order valence-corrected chi connectivity index (χ4v) is 2.91. The fourth-order valence-electron chi connectivity index (χ4n) is 2.91. The van der Waals surface area contributed by atoms with Crippen molar-refractivity contribution in [2.75, 3.05) is 19.8 Å². The minimum atomic E-state index is -5.13. The number of pyridine rings is 2. The second-order valence-corrected chi connectivity index (χ2v) is 8.41. The Hall–Kier alpha value is -5.27. The van der Waals surface area contributed by atoms with E-state index >= 15 is 0 Å². The van der Waals surface area contributed by atoms with Crippen LogP contribution >= 0.6 is 12.4 Å². The number of aromatic nitrogens is 4. The molecule has 3 N–H and O–H groups in total. The lowest BCUT2D eigenvalue weighted by Gasteiger charge is -2.12. The van der Waals surface area contributed by atoms with Crippen molar-refractivity contribution in [1.29, 1.82) is 5.41 Å². The first-order chi connectivity index (χ1) is 22.4. The third-order valence-electron chi connectivity index (χ3n) is 4.90. The molecule has 0 aliphatic carbocycles. The van der Waals surface area contributed by atoms with E-state index in [1.54, 1.807) is 0 Å². The van der Waals surface area contributed by atoms with Crippen molar-refractivity contribution in [1.82, 2.24) is 19.9 Å². The molecule has 3 rings (SSSR count). The van der Waals surface area contributed by atoms with Crippen molar-refractivity contribution >= 4 is 36.0 Å². The van der Waals surface area contributed by atoms with Crippen LogP contribution in [0.3, 0.4) is 0 Å². The van der Waals surface area contributed by atoms with Gasteiger partial charge in [-0.25, -0.2) is 28.3 Å². The van der Waals surface area contributed by atoms with Gasteiger partial charge in [-0.15, -0.1) is 12.4 Å². The Balaban J connectivity index is 0.000000750. The Bertz CT molecular complexity index is 1620. The largest absolute Gasteiger partial charge is 0.500 e. The molecule has 0 aliphatic rings. The van der Waals surface area contributed by atoms with Gasteiger partial charge in [0.2, 0.25) is 0 Å². The first-order valence-electron chi connectivity index (χ1n) is 13.1. The number of nitrogens with one attached hydrogen (secondary N) is 1. The third-order valence-corrected chi connectivity index (χ3v) is 4.90. The molecule has 3 heterocycles. The maximum absolute atomic E-state index is 13.1. The molecule has 0 aliphatic heterocycles. The van der Waals surface area contributed by atoms with Gasteiger partial charge in [-0.1, -0.05) is 0 Å². The topological polar surface area (TPSA) is 180 Å². The molecule has 0 aromatic carbocycles. The number of Topliss-reactive ketones (excluding diaryl/α,β-unsaturated/α-hetero) is 1. The number of nitrogens with zero attached hydrogens (tertiary/aromatic N) is 4. The average molecular weight is 731 g/mol. The second-order valence-electron chi connectivity index (χ2n) is 8.41. The molecule has 268 valence electrons. The maximum atomic E-state index is 13.1. The summed E-state index contributed by atoms with van der Waals surface area (Å²) in [6, 6.07) is 2.10. The minimum Gasteiger partial charge on any atom is -0.500 e. The van der Waals surface area contributed by atoms with Crippen LogP contribution < -0.4 is 5.73 Å². The van der Waals surface area contributed by atoms with E-state index in [2.05, 4.69) is 34.1 Å². The van der Waals surface area contributed by atoms with E-state index in [9.17, 15) is 49.5 Å². The molecular weight excluding hydrogens is 704 g/mol. The minimum absolute atomic E-state index is 0. The van der Waals surface area contributed by atoms with E-state index in [0.717, 1.165) is 30.7 Å². The van der Waals surface area contributed by atoms with Crippen molar-refractivity contribution in [2.24, 2.45) is 5.73 Å². The summed E-state index contributed by atoms with van der Waals surface area (Å²) < 4.78 is 114. The summed E-state index contributed by atoms with van der Waals surface area (Å²) in [5.41, 5.74) is 1.92. The van der Waals surface area contributed by atoms with Gasteiger partial charge in [-0.05, 0) is 32.9 Å². The molecule has 3 aromatic heterocycles. The lowest BCUT2D eigenvalue weighted by atomic mass is 10.2. The van der Waals surface area contributed by atoms with Crippen LogP contribution in [0.5, 0.6) is 0 Å². The lowest BCUT2D eigenvalue weighted by Crippen LogP contribution is -2.29. The molecule has 0 saturated heterocycles. The van der Waals surface area contributed by atoms with Gasteiger partial charge in [-0.3, -0.25) is 20.2 Å². The molecule has 12 nitrogen and oxygen atoms in total. The summed E-state index contributed by atoms with van der Waals surface area (Å²) in [6.07, 6.45) is -4.44. The molecule has 21 heteroatoms. The van der Waals surface area contributed by atoms with Crippen LogP contribution in [0.2, 0.25) is 0 Å². The van der Waals surface area contributed by atoms with Gasteiger partial charge in [0.25, 0.3) is 5.78 Å². The summed E-state index contributed by atoms with van der Waals surface area (Å²) in [6.45, 7) is 4.18. The van der Waals surface area contributed by atoms with Crippen LogP contribution in [0.15, 0.2) is 55.0 Å².